The van der Waals surface area contributed by atoms with Crippen molar-refractivity contribution in [3.8, 4) is 6.07 Å². The Morgan fingerprint density at radius 1 is 1.53 bits per heavy atom. The zero-order valence-corrected chi connectivity index (χ0v) is 8.99. The van der Waals surface area contributed by atoms with Crippen LogP contribution in [0.15, 0.2) is 12.1 Å². The summed E-state index contributed by atoms with van der Waals surface area (Å²) in [5.41, 5.74) is 1.57. The van der Waals surface area contributed by atoms with Gasteiger partial charge in [0.05, 0.1) is 17.7 Å². The molecular formula is C11H14N4. The minimum Gasteiger partial charge on any atom is -0.354 e. The first-order valence-electron chi connectivity index (χ1n) is 5.03. The lowest BCUT2D eigenvalue weighted by atomic mass is 10.1. The predicted molar refractivity (Wildman–Crippen MR) is 58.7 cm³/mol. The normalized spacial score (nSPS) is 15.5. The van der Waals surface area contributed by atoms with E-state index < -0.39 is 0 Å². The molecule has 1 saturated heterocycles. The van der Waals surface area contributed by atoms with E-state index in [-0.39, 0.29) is 0 Å². The van der Waals surface area contributed by atoms with Crippen LogP contribution in [0.4, 0.5) is 5.82 Å². The van der Waals surface area contributed by atoms with E-state index in [1.165, 1.54) is 0 Å². The molecule has 1 aromatic rings. The molecule has 0 aliphatic carbocycles. The number of nitrogens with one attached hydrogen (secondary N) is 1. The minimum absolute atomic E-state index is 0.505. The third kappa shape index (κ3) is 1.92. The minimum atomic E-state index is 0.505. The van der Waals surface area contributed by atoms with Crippen LogP contribution in [0, 0.1) is 18.3 Å². The van der Waals surface area contributed by atoms with E-state index in [1.807, 2.05) is 20.0 Å². The molecule has 1 aliphatic heterocycles. The van der Waals surface area contributed by atoms with Gasteiger partial charge in [0.15, 0.2) is 0 Å². The summed E-state index contributed by atoms with van der Waals surface area (Å²) in [6, 6.07) is 6.30. The Morgan fingerprint density at radius 3 is 2.80 bits per heavy atom. The van der Waals surface area contributed by atoms with Crippen molar-refractivity contribution in [1.29, 1.82) is 5.26 Å². The number of rotatable bonds is 2. The third-order valence-electron chi connectivity index (χ3n) is 2.74. The van der Waals surface area contributed by atoms with Gasteiger partial charge in [-0.3, -0.25) is 0 Å². The molecule has 4 heteroatoms. The van der Waals surface area contributed by atoms with Crippen molar-refractivity contribution in [2.24, 2.45) is 0 Å². The summed E-state index contributed by atoms with van der Waals surface area (Å²) in [6.45, 7) is 3.90. The number of pyridine rings is 1. The number of aryl methyl sites for hydroxylation is 1. The first-order valence-corrected chi connectivity index (χ1v) is 5.03. The maximum absolute atomic E-state index is 8.87. The fraction of sp³-hybridized carbons (Fsp3) is 0.455. The maximum Gasteiger partial charge on any atom is 0.130 e. The number of likely N-dealkylation sites (N-methyl/N-ethyl adjacent to an activating group) is 1. The van der Waals surface area contributed by atoms with Gasteiger partial charge in [-0.25, -0.2) is 4.98 Å². The summed E-state index contributed by atoms with van der Waals surface area (Å²) in [5.74, 6) is 0.887. The Bertz CT molecular complexity index is 404. The van der Waals surface area contributed by atoms with E-state index in [0.29, 0.717) is 11.6 Å². The van der Waals surface area contributed by atoms with Crippen molar-refractivity contribution in [3.63, 3.8) is 0 Å². The molecule has 1 aliphatic rings. The highest BCUT2D eigenvalue weighted by molar-refractivity contribution is 5.47. The summed E-state index contributed by atoms with van der Waals surface area (Å²) >= 11 is 0. The number of nitriles is 1. The van der Waals surface area contributed by atoms with Crippen LogP contribution in [0.3, 0.4) is 0 Å². The van der Waals surface area contributed by atoms with Crippen LogP contribution >= 0.6 is 0 Å². The van der Waals surface area contributed by atoms with Gasteiger partial charge in [-0.05, 0) is 19.1 Å². The van der Waals surface area contributed by atoms with E-state index in [1.54, 1.807) is 6.07 Å². The van der Waals surface area contributed by atoms with Gasteiger partial charge in [-0.2, -0.15) is 5.26 Å². The molecule has 1 aromatic heterocycles. The second-order valence-electron chi connectivity index (χ2n) is 3.89. The summed E-state index contributed by atoms with van der Waals surface area (Å²) in [4.78, 5) is 6.56. The molecule has 15 heavy (non-hydrogen) atoms. The van der Waals surface area contributed by atoms with Crippen molar-refractivity contribution < 1.29 is 0 Å². The molecule has 1 fully saturated rings. The van der Waals surface area contributed by atoms with E-state index in [4.69, 9.17) is 5.26 Å². The zero-order chi connectivity index (χ0) is 10.8. The van der Waals surface area contributed by atoms with E-state index in [9.17, 15) is 0 Å². The van der Waals surface area contributed by atoms with Crippen molar-refractivity contribution in [2.75, 3.05) is 25.0 Å². The van der Waals surface area contributed by atoms with Crippen LogP contribution in [-0.4, -0.2) is 31.2 Å². The molecule has 0 bridgehead atoms. The van der Waals surface area contributed by atoms with Crippen molar-refractivity contribution in [3.05, 3.63) is 23.4 Å². The average molecular weight is 202 g/mol. The fourth-order valence-electron chi connectivity index (χ4n) is 1.63. The van der Waals surface area contributed by atoms with E-state index in [0.717, 1.165) is 24.6 Å². The number of aromatic nitrogens is 1. The second-order valence-corrected chi connectivity index (χ2v) is 3.89. The van der Waals surface area contributed by atoms with Gasteiger partial charge < -0.3 is 10.2 Å². The second kappa shape index (κ2) is 3.87. The highest BCUT2D eigenvalue weighted by Gasteiger charge is 2.22. The molecule has 2 rings (SSSR count). The van der Waals surface area contributed by atoms with Gasteiger partial charge in [0.2, 0.25) is 0 Å². The Balaban J connectivity index is 2.27. The van der Waals surface area contributed by atoms with Crippen molar-refractivity contribution in [2.45, 2.75) is 13.0 Å². The summed E-state index contributed by atoms with van der Waals surface area (Å²) in [5, 5.41) is 12.1. The summed E-state index contributed by atoms with van der Waals surface area (Å²) in [7, 11) is 2.02. The van der Waals surface area contributed by atoms with Gasteiger partial charge in [0.1, 0.15) is 5.82 Å². The molecule has 1 N–H and O–H groups in total. The topological polar surface area (TPSA) is 52.0 Å². The quantitative estimate of drug-likeness (QED) is 0.765. The van der Waals surface area contributed by atoms with Gasteiger partial charge in [-0.1, -0.05) is 0 Å². The molecule has 4 nitrogen and oxygen atoms in total. The molecule has 0 amide bonds. The van der Waals surface area contributed by atoms with Gasteiger partial charge in [0.25, 0.3) is 0 Å². The van der Waals surface area contributed by atoms with Crippen molar-refractivity contribution in [1.82, 2.24) is 10.3 Å². The largest absolute Gasteiger partial charge is 0.354 e. The van der Waals surface area contributed by atoms with Crippen LogP contribution in [0.1, 0.15) is 11.3 Å². The highest BCUT2D eigenvalue weighted by Crippen LogP contribution is 2.16. The molecular weight excluding hydrogens is 188 g/mol. The Hall–Kier alpha value is -1.60. The predicted octanol–water partition coefficient (Wildman–Crippen LogP) is 0.670. The molecule has 78 valence electrons. The Morgan fingerprint density at radius 2 is 2.27 bits per heavy atom. The van der Waals surface area contributed by atoms with Crippen LogP contribution in [-0.2, 0) is 0 Å². The SMILES string of the molecule is Cc1cc(C#N)cc(N(C)C2CNC2)n1. The molecule has 0 unspecified atom stereocenters. The third-order valence-corrected chi connectivity index (χ3v) is 2.74. The standard InChI is InChI=1S/C11H14N4/c1-8-3-9(5-12)4-11(14-8)15(2)10-6-13-7-10/h3-4,10,13H,6-7H2,1-2H3. The number of hydrogen-bond donors (Lipinski definition) is 1. The van der Waals surface area contributed by atoms with Gasteiger partial charge in [-0.15, -0.1) is 0 Å². The number of hydrogen-bond acceptors (Lipinski definition) is 4. The average Bonchev–Trinajstić information content (AvgIpc) is 2.14. The molecule has 0 atom stereocenters. The van der Waals surface area contributed by atoms with Crippen LogP contribution in [0.5, 0.6) is 0 Å². The fourth-order valence-corrected chi connectivity index (χ4v) is 1.63. The molecule has 0 radical (unpaired) electrons. The lowest BCUT2D eigenvalue weighted by Crippen LogP contribution is -2.56. The summed E-state index contributed by atoms with van der Waals surface area (Å²) < 4.78 is 0. The number of anilines is 1. The van der Waals surface area contributed by atoms with Crippen LogP contribution in [0.25, 0.3) is 0 Å². The Labute approximate surface area is 89.5 Å². The first kappa shape index (κ1) is 9.94. The monoisotopic (exact) mass is 202 g/mol. The van der Waals surface area contributed by atoms with Gasteiger partial charge in [0, 0.05) is 25.8 Å². The lowest BCUT2D eigenvalue weighted by molar-refractivity contribution is 0.426. The molecule has 0 spiro atoms. The Kier molecular flexibility index (Phi) is 2.57. The smallest absolute Gasteiger partial charge is 0.130 e. The van der Waals surface area contributed by atoms with Gasteiger partial charge >= 0.3 is 0 Å². The maximum atomic E-state index is 8.87. The molecule has 2 heterocycles. The van der Waals surface area contributed by atoms with E-state index >= 15 is 0 Å². The first-order chi connectivity index (χ1) is 7.20. The summed E-state index contributed by atoms with van der Waals surface area (Å²) in [6.07, 6.45) is 0. The lowest BCUT2D eigenvalue weighted by Gasteiger charge is -2.36. The molecule has 0 aromatic carbocycles. The van der Waals surface area contributed by atoms with E-state index in [2.05, 4.69) is 21.3 Å². The zero-order valence-electron chi connectivity index (χ0n) is 8.99. The van der Waals surface area contributed by atoms with Crippen LogP contribution < -0.4 is 10.2 Å². The number of nitrogens with zero attached hydrogens (tertiary/aromatic N) is 3. The van der Waals surface area contributed by atoms with Crippen molar-refractivity contribution >= 4 is 5.82 Å². The van der Waals surface area contributed by atoms with Crippen LogP contribution in [0.2, 0.25) is 0 Å². The molecule has 0 saturated carbocycles. The highest BCUT2D eigenvalue weighted by atomic mass is 15.3.